The van der Waals surface area contributed by atoms with Crippen LogP contribution < -0.4 is 10.1 Å². The van der Waals surface area contributed by atoms with Crippen LogP contribution in [0.1, 0.15) is 16.8 Å². The summed E-state index contributed by atoms with van der Waals surface area (Å²) in [4.78, 5) is 15.9. The standard InChI is InChI=1S/C17H16N2O2/c20-17(19-12-15-3-1-2-9-18-15)7-5-13-4-6-16-14(11-13)8-10-21-16/h1-7,9,11H,8,10,12H2,(H,19,20)/b7-5+. The summed E-state index contributed by atoms with van der Waals surface area (Å²) >= 11 is 0. The van der Waals surface area contributed by atoms with Crippen LogP contribution in [0.4, 0.5) is 0 Å². The molecule has 0 spiro atoms. The van der Waals surface area contributed by atoms with E-state index in [9.17, 15) is 4.79 Å². The second-order valence-electron chi connectivity index (χ2n) is 4.84. The van der Waals surface area contributed by atoms with Crippen LogP contribution in [0.5, 0.6) is 5.75 Å². The molecule has 4 nitrogen and oxygen atoms in total. The number of pyridine rings is 1. The lowest BCUT2D eigenvalue weighted by Gasteiger charge is -2.02. The first-order valence-corrected chi connectivity index (χ1v) is 6.93. The Bertz CT molecular complexity index is 666. The number of amides is 1. The van der Waals surface area contributed by atoms with Gasteiger partial charge in [0.2, 0.25) is 5.91 Å². The van der Waals surface area contributed by atoms with Crippen LogP contribution in [0.2, 0.25) is 0 Å². The van der Waals surface area contributed by atoms with Crippen molar-refractivity contribution in [3.8, 4) is 5.75 Å². The summed E-state index contributed by atoms with van der Waals surface area (Å²) < 4.78 is 5.46. The van der Waals surface area contributed by atoms with Gasteiger partial charge in [0.1, 0.15) is 5.75 Å². The summed E-state index contributed by atoms with van der Waals surface area (Å²) in [6.07, 6.45) is 6.00. The van der Waals surface area contributed by atoms with Gasteiger partial charge in [-0.2, -0.15) is 0 Å². The smallest absolute Gasteiger partial charge is 0.244 e. The molecule has 106 valence electrons. The molecule has 1 amide bonds. The minimum atomic E-state index is -0.127. The fraction of sp³-hybridized carbons (Fsp3) is 0.176. The van der Waals surface area contributed by atoms with Gasteiger partial charge in [0.25, 0.3) is 0 Å². The number of hydrogen-bond donors (Lipinski definition) is 1. The Labute approximate surface area is 123 Å². The SMILES string of the molecule is O=C(/C=C/c1ccc2c(c1)CCO2)NCc1ccccn1. The van der Waals surface area contributed by atoms with Crippen LogP contribution in [0, 0.1) is 0 Å². The number of carbonyl (C=O) groups excluding carboxylic acids is 1. The molecule has 0 unspecified atom stereocenters. The normalized spacial score (nSPS) is 13.0. The zero-order chi connectivity index (χ0) is 14.5. The number of fused-ring (bicyclic) bond motifs is 1. The number of ether oxygens (including phenoxy) is 1. The van der Waals surface area contributed by atoms with Crippen LogP contribution in [-0.2, 0) is 17.8 Å². The molecule has 1 aliphatic rings. The lowest BCUT2D eigenvalue weighted by atomic mass is 10.1. The van der Waals surface area contributed by atoms with Gasteiger partial charge in [-0.15, -0.1) is 0 Å². The van der Waals surface area contributed by atoms with Crippen molar-refractivity contribution in [2.75, 3.05) is 6.61 Å². The largest absolute Gasteiger partial charge is 0.493 e. The second kappa shape index (κ2) is 6.22. The van der Waals surface area contributed by atoms with Crippen LogP contribution in [0.15, 0.2) is 48.7 Å². The van der Waals surface area contributed by atoms with Crippen LogP contribution in [-0.4, -0.2) is 17.5 Å². The lowest BCUT2D eigenvalue weighted by molar-refractivity contribution is -0.116. The first-order valence-electron chi connectivity index (χ1n) is 6.93. The number of nitrogens with zero attached hydrogens (tertiary/aromatic N) is 1. The molecule has 4 heteroatoms. The molecule has 2 aromatic rings. The number of nitrogens with one attached hydrogen (secondary N) is 1. The highest BCUT2D eigenvalue weighted by Gasteiger charge is 2.11. The van der Waals surface area contributed by atoms with Crippen LogP contribution >= 0.6 is 0 Å². The zero-order valence-corrected chi connectivity index (χ0v) is 11.6. The zero-order valence-electron chi connectivity index (χ0n) is 11.6. The molecule has 1 aromatic carbocycles. The third kappa shape index (κ3) is 3.48. The topological polar surface area (TPSA) is 51.2 Å². The molecule has 0 saturated heterocycles. The molecule has 0 atom stereocenters. The van der Waals surface area contributed by atoms with Gasteiger partial charge in [-0.25, -0.2) is 0 Å². The number of benzene rings is 1. The fourth-order valence-electron chi connectivity index (χ4n) is 2.22. The van der Waals surface area contributed by atoms with Gasteiger partial charge in [0.15, 0.2) is 0 Å². The second-order valence-corrected chi connectivity index (χ2v) is 4.84. The Morgan fingerprint density at radius 2 is 2.29 bits per heavy atom. The average Bonchev–Trinajstić information content (AvgIpc) is 2.99. The van der Waals surface area contributed by atoms with Crippen molar-refractivity contribution in [2.45, 2.75) is 13.0 Å². The maximum absolute atomic E-state index is 11.8. The predicted molar refractivity (Wildman–Crippen MR) is 80.8 cm³/mol. The van der Waals surface area contributed by atoms with E-state index in [0.29, 0.717) is 6.54 Å². The summed E-state index contributed by atoms with van der Waals surface area (Å²) in [7, 11) is 0. The van der Waals surface area contributed by atoms with E-state index in [1.165, 1.54) is 5.56 Å². The van der Waals surface area contributed by atoms with Gasteiger partial charge in [0, 0.05) is 18.7 Å². The molecule has 21 heavy (non-hydrogen) atoms. The Hall–Kier alpha value is -2.62. The summed E-state index contributed by atoms with van der Waals surface area (Å²) in [5.41, 5.74) is 3.05. The molecule has 0 fully saturated rings. The highest BCUT2D eigenvalue weighted by molar-refractivity contribution is 5.91. The van der Waals surface area contributed by atoms with Crippen molar-refractivity contribution < 1.29 is 9.53 Å². The highest BCUT2D eigenvalue weighted by Crippen LogP contribution is 2.26. The first kappa shape index (κ1) is 13.4. The van der Waals surface area contributed by atoms with Crippen LogP contribution in [0.25, 0.3) is 6.08 Å². The maximum Gasteiger partial charge on any atom is 0.244 e. The Balaban J connectivity index is 1.57. The molecule has 0 saturated carbocycles. The Morgan fingerprint density at radius 1 is 1.33 bits per heavy atom. The van der Waals surface area contributed by atoms with E-state index in [1.54, 1.807) is 12.3 Å². The van der Waals surface area contributed by atoms with Gasteiger partial charge in [0.05, 0.1) is 18.8 Å². The van der Waals surface area contributed by atoms with Gasteiger partial charge in [-0.3, -0.25) is 9.78 Å². The molecule has 3 rings (SSSR count). The highest BCUT2D eigenvalue weighted by atomic mass is 16.5. The van der Waals surface area contributed by atoms with Crippen molar-refractivity contribution in [1.82, 2.24) is 10.3 Å². The molecule has 2 heterocycles. The van der Waals surface area contributed by atoms with Gasteiger partial charge >= 0.3 is 0 Å². The third-order valence-electron chi connectivity index (χ3n) is 3.31. The minimum Gasteiger partial charge on any atom is -0.493 e. The van der Waals surface area contributed by atoms with E-state index in [4.69, 9.17) is 4.74 Å². The van der Waals surface area contributed by atoms with E-state index in [-0.39, 0.29) is 5.91 Å². The molecule has 0 radical (unpaired) electrons. The number of hydrogen-bond acceptors (Lipinski definition) is 3. The number of rotatable bonds is 4. The van der Waals surface area contributed by atoms with Crippen molar-refractivity contribution in [3.05, 3.63) is 65.5 Å². The molecule has 1 aliphatic heterocycles. The molecule has 1 N–H and O–H groups in total. The predicted octanol–water partition coefficient (Wildman–Crippen LogP) is 2.35. The number of carbonyl (C=O) groups is 1. The van der Waals surface area contributed by atoms with Crippen molar-refractivity contribution in [1.29, 1.82) is 0 Å². The van der Waals surface area contributed by atoms with Crippen molar-refractivity contribution in [3.63, 3.8) is 0 Å². The van der Waals surface area contributed by atoms with Gasteiger partial charge < -0.3 is 10.1 Å². The van der Waals surface area contributed by atoms with E-state index < -0.39 is 0 Å². The van der Waals surface area contributed by atoms with E-state index in [2.05, 4.69) is 16.4 Å². The van der Waals surface area contributed by atoms with E-state index in [0.717, 1.165) is 30.0 Å². The quantitative estimate of drug-likeness (QED) is 0.875. The first-order chi connectivity index (χ1) is 10.3. The molecular formula is C17H16N2O2. The Kier molecular flexibility index (Phi) is 3.96. The monoisotopic (exact) mass is 280 g/mol. The molecular weight excluding hydrogens is 264 g/mol. The van der Waals surface area contributed by atoms with E-state index >= 15 is 0 Å². The third-order valence-corrected chi connectivity index (χ3v) is 3.31. The summed E-state index contributed by atoms with van der Waals surface area (Å²) in [6, 6.07) is 11.6. The average molecular weight is 280 g/mol. The van der Waals surface area contributed by atoms with Crippen molar-refractivity contribution in [2.24, 2.45) is 0 Å². The van der Waals surface area contributed by atoms with Crippen molar-refractivity contribution >= 4 is 12.0 Å². The van der Waals surface area contributed by atoms with Gasteiger partial charge in [-0.1, -0.05) is 12.1 Å². The summed E-state index contributed by atoms with van der Waals surface area (Å²) in [5.74, 6) is 0.823. The summed E-state index contributed by atoms with van der Waals surface area (Å²) in [5, 5.41) is 2.81. The van der Waals surface area contributed by atoms with Gasteiger partial charge in [-0.05, 0) is 41.5 Å². The molecule has 1 aromatic heterocycles. The fourth-order valence-corrected chi connectivity index (χ4v) is 2.22. The van der Waals surface area contributed by atoms with E-state index in [1.807, 2.05) is 36.4 Å². The Morgan fingerprint density at radius 3 is 3.14 bits per heavy atom. The molecule has 0 aliphatic carbocycles. The van der Waals surface area contributed by atoms with Crippen LogP contribution in [0.3, 0.4) is 0 Å². The summed E-state index contributed by atoms with van der Waals surface area (Å²) in [6.45, 7) is 1.18. The minimum absolute atomic E-state index is 0.127. The number of aromatic nitrogens is 1. The lowest BCUT2D eigenvalue weighted by Crippen LogP contribution is -2.20. The molecule has 0 bridgehead atoms. The maximum atomic E-state index is 11.8.